The van der Waals surface area contributed by atoms with Crippen molar-refractivity contribution in [1.82, 2.24) is 0 Å². The molecule has 0 bridgehead atoms. The van der Waals surface area contributed by atoms with Crippen LogP contribution in [0.2, 0.25) is 0 Å². The van der Waals surface area contributed by atoms with E-state index in [-0.39, 0.29) is 4.71 Å². The van der Waals surface area contributed by atoms with Gasteiger partial charge in [-0.1, -0.05) is 18.2 Å². The highest BCUT2D eigenvalue weighted by Crippen LogP contribution is 2.27. The van der Waals surface area contributed by atoms with E-state index in [1.54, 1.807) is 11.8 Å². The standard InChI is InChI=1S/C9H8ClNS2/c10-9(6-12-7-11)13-8-4-2-1-3-5-8/h1-5,9H,6H2. The van der Waals surface area contributed by atoms with E-state index in [9.17, 15) is 0 Å². The van der Waals surface area contributed by atoms with Crippen LogP contribution in [0.15, 0.2) is 35.2 Å². The van der Waals surface area contributed by atoms with E-state index in [4.69, 9.17) is 16.9 Å². The maximum absolute atomic E-state index is 8.33. The normalized spacial score (nSPS) is 12.0. The zero-order valence-electron chi connectivity index (χ0n) is 6.81. The molecular formula is C9H8ClNS2. The molecule has 13 heavy (non-hydrogen) atoms. The third-order valence-corrected chi connectivity index (χ3v) is 3.70. The van der Waals surface area contributed by atoms with E-state index < -0.39 is 0 Å². The largest absolute Gasteiger partial charge is 0.185 e. The lowest BCUT2D eigenvalue weighted by atomic mass is 10.4. The summed E-state index contributed by atoms with van der Waals surface area (Å²) in [6.45, 7) is 0. The first-order valence-corrected chi connectivity index (χ1v) is 6.00. The van der Waals surface area contributed by atoms with E-state index in [2.05, 4.69) is 0 Å². The van der Waals surface area contributed by atoms with Crippen LogP contribution in [0.25, 0.3) is 0 Å². The van der Waals surface area contributed by atoms with Gasteiger partial charge in [-0.2, -0.15) is 5.26 Å². The molecule has 0 fully saturated rings. The Morgan fingerprint density at radius 3 is 2.69 bits per heavy atom. The van der Waals surface area contributed by atoms with Gasteiger partial charge >= 0.3 is 0 Å². The van der Waals surface area contributed by atoms with Crippen LogP contribution in [0.3, 0.4) is 0 Å². The van der Waals surface area contributed by atoms with Crippen molar-refractivity contribution in [2.24, 2.45) is 0 Å². The van der Waals surface area contributed by atoms with Crippen molar-refractivity contribution in [1.29, 1.82) is 5.26 Å². The lowest BCUT2D eigenvalue weighted by Gasteiger charge is -2.05. The van der Waals surface area contributed by atoms with Crippen molar-refractivity contribution in [2.75, 3.05) is 5.75 Å². The Kier molecular flexibility index (Phi) is 5.14. The highest BCUT2D eigenvalue weighted by atomic mass is 35.5. The average molecular weight is 230 g/mol. The van der Waals surface area contributed by atoms with Crippen LogP contribution in [0.1, 0.15) is 0 Å². The van der Waals surface area contributed by atoms with Gasteiger partial charge in [0.15, 0.2) is 0 Å². The number of thioether (sulfide) groups is 2. The predicted octanol–water partition coefficient (Wildman–Crippen LogP) is 3.56. The van der Waals surface area contributed by atoms with E-state index >= 15 is 0 Å². The first-order valence-electron chi connectivity index (χ1n) is 3.69. The average Bonchev–Trinajstić information content (AvgIpc) is 2.16. The molecule has 1 rings (SSSR count). The SMILES string of the molecule is N#CSCC(Cl)Sc1ccccc1. The van der Waals surface area contributed by atoms with Crippen LogP contribution in [0, 0.1) is 10.7 Å². The molecule has 0 radical (unpaired) electrons. The lowest BCUT2D eigenvalue weighted by Crippen LogP contribution is -1.94. The fourth-order valence-electron chi connectivity index (χ4n) is 0.784. The lowest BCUT2D eigenvalue weighted by molar-refractivity contribution is 1.38. The number of hydrogen-bond acceptors (Lipinski definition) is 3. The molecule has 0 aliphatic rings. The molecule has 0 spiro atoms. The third kappa shape index (κ3) is 4.47. The second kappa shape index (κ2) is 6.20. The van der Waals surface area contributed by atoms with E-state index in [0.29, 0.717) is 5.75 Å². The Balaban J connectivity index is 2.37. The minimum Gasteiger partial charge on any atom is -0.185 e. The molecule has 1 unspecified atom stereocenters. The maximum atomic E-state index is 8.33. The Bertz CT molecular complexity index is 283. The molecule has 1 atom stereocenters. The molecule has 0 N–H and O–H groups in total. The van der Waals surface area contributed by atoms with Crippen LogP contribution in [-0.4, -0.2) is 10.5 Å². The molecule has 1 aromatic carbocycles. The zero-order chi connectivity index (χ0) is 9.52. The van der Waals surface area contributed by atoms with Crippen LogP contribution in [0.5, 0.6) is 0 Å². The molecule has 68 valence electrons. The topological polar surface area (TPSA) is 23.8 Å². The summed E-state index contributed by atoms with van der Waals surface area (Å²) >= 11 is 8.75. The van der Waals surface area contributed by atoms with Crippen molar-refractivity contribution < 1.29 is 0 Å². The zero-order valence-corrected chi connectivity index (χ0v) is 9.20. The van der Waals surface area contributed by atoms with Crippen LogP contribution in [0.4, 0.5) is 0 Å². The summed E-state index contributed by atoms with van der Waals surface area (Å²) in [7, 11) is 0. The van der Waals surface area contributed by atoms with Crippen molar-refractivity contribution in [3.05, 3.63) is 30.3 Å². The second-order valence-corrected chi connectivity index (χ2v) is 5.11. The molecule has 0 aliphatic carbocycles. The van der Waals surface area contributed by atoms with Crippen molar-refractivity contribution in [3.63, 3.8) is 0 Å². The molecule has 4 heteroatoms. The first kappa shape index (κ1) is 10.8. The summed E-state index contributed by atoms with van der Waals surface area (Å²) in [5, 5.41) is 10.3. The van der Waals surface area contributed by atoms with Crippen molar-refractivity contribution in [2.45, 2.75) is 9.60 Å². The summed E-state index contributed by atoms with van der Waals surface area (Å²) in [6.07, 6.45) is 0. The van der Waals surface area contributed by atoms with Crippen LogP contribution in [-0.2, 0) is 0 Å². The summed E-state index contributed by atoms with van der Waals surface area (Å²) in [6, 6.07) is 9.94. The summed E-state index contributed by atoms with van der Waals surface area (Å²) in [5.41, 5.74) is 0. The highest BCUT2D eigenvalue weighted by Gasteiger charge is 2.05. The molecule has 0 saturated heterocycles. The smallest absolute Gasteiger partial charge is 0.133 e. The number of halogens is 1. The number of alkyl halides is 1. The quantitative estimate of drug-likeness (QED) is 0.448. The van der Waals surface area contributed by atoms with Crippen molar-refractivity contribution in [3.8, 4) is 5.40 Å². The van der Waals surface area contributed by atoms with E-state index in [1.807, 2.05) is 35.7 Å². The Morgan fingerprint density at radius 1 is 1.38 bits per heavy atom. The highest BCUT2D eigenvalue weighted by molar-refractivity contribution is 8.06. The van der Waals surface area contributed by atoms with Gasteiger partial charge in [-0.15, -0.1) is 23.4 Å². The molecule has 0 heterocycles. The molecule has 0 aromatic heterocycles. The van der Waals surface area contributed by atoms with Gasteiger partial charge in [-0.3, -0.25) is 0 Å². The molecule has 0 saturated carbocycles. The number of thiocyanates is 1. The summed E-state index contributed by atoms with van der Waals surface area (Å²) < 4.78 is -0.0351. The Morgan fingerprint density at radius 2 is 2.08 bits per heavy atom. The fourth-order valence-corrected chi connectivity index (χ4v) is 2.57. The van der Waals surface area contributed by atoms with Crippen LogP contribution < -0.4 is 0 Å². The van der Waals surface area contributed by atoms with Crippen LogP contribution >= 0.6 is 35.1 Å². The minimum atomic E-state index is -0.0351. The monoisotopic (exact) mass is 229 g/mol. The van der Waals surface area contributed by atoms with Gasteiger partial charge in [0.2, 0.25) is 0 Å². The Hall–Kier alpha value is -0.300. The molecule has 0 amide bonds. The molecule has 0 aliphatic heterocycles. The van der Waals surface area contributed by atoms with Gasteiger partial charge in [0.1, 0.15) is 5.40 Å². The van der Waals surface area contributed by atoms with Gasteiger partial charge < -0.3 is 0 Å². The van der Waals surface area contributed by atoms with Gasteiger partial charge in [0.05, 0.1) is 4.71 Å². The van der Waals surface area contributed by atoms with Gasteiger partial charge in [-0.25, -0.2) is 0 Å². The van der Waals surface area contributed by atoms with Gasteiger partial charge in [0, 0.05) is 10.6 Å². The number of rotatable bonds is 4. The number of benzene rings is 1. The minimum absolute atomic E-state index is 0.0351. The summed E-state index contributed by atoms with van der Waals surface area (Å²) in [4.78, 5) is 1.14. The Labute approximate surface area is 91.5 Å². The summed E-state index contributed by atoms with van der Waals surface area (Å²) in [5.74, 6) is 0.650. The molecule has 1 aromatic rings. The molecular weight excluding hydrogens is 222 g/mol. The predicted molar refractivity (Wildman–Crippen MR) is 60.0 cm³/mol. The fraction of sp³-hybridized carbons (Fsp3) is 0.222. The van der Waals surface area contributed by atoms with Crippen molar-refractivity contribution >= 4 is 35.1 Å². The number of hydrogen-bond donors (Lipinski definition) is 0. The third-order valence-electron chi connectivity index (χ3n) is 1.29. The van der Waals surface area contributed by atoms with E-state index in [0.717, 1.165) is 4.90 Å². The first-order chi connectivity index (χ1) is 6.33. The van der Waals surface area contributed by atoms with E-state index in [1.165, 1.54) is 11.8 Å². The second-order valence-electron chi connectivity index (χ2n) is 2.24. The van der Waals surface area contributed by atoms with Gasteiger partial charge in [0.25, 0.3) is 0 Å². The number of nitriles is 1. The van der Waals surface area contributed by atoms with Gasteiger partial charge in [-0.05, 0) is 23.9 Å². The molecule has 1 nitrogen and oxygen atoms in total. The number of nitrogens with zero attached hydrogens (tertiary/aromatic N) is 1. The maximum Gasteiger partial charge on any atom is 0.133 e.